The van der Waals surface area contributed by atoms with E-state index in [1.54, 1.807) is 19.1 Å². The summed E-state index contributed by atoms with van der Waals surface area (Å²) < 4.78 is 4.97. The molecule has 1 heterocycles. The number of benzene rings is 3. The summed E-state index contributed by atoms with van der Waals surface area (Å²) in [5.41, 5.74) is 5.75. The number of thiophene rings is 1. The number of aromatic hydroxyl groups is 1. The van der Waals surface area contributed by atoms with E-state index in [2.05, 4.69) is 5.32 Å². The van der Waals surface area contributed by atoms with Crippen LogP contribution < -0.4 is 5.32 Å². The molecule has 6 nitrogen and oxygen atoms in total. The maximum Gasteiger partial charge on any atom is 0.310 e. The van der Waals surface area contributed by atoms with Crippen LogP contribution >= 0.6 is 11.3 Å². The normalized spacial score (nSPS) is 10.6. The lowest BCUT2D eigenvalue weighted by atomic mass is 9.99. The van der Waals surface area contributed by atoms with Crippen LogP contribution in [0.4, 0.5) is 0 Å². The van der Waals surface area contributed by atoms with Crippen LogP contribution in [0.25, 0.3) is 22.3 Å². The summed E-state index contributed by atoms with van der Waals surface area (Å²) in [7, 11) is 0. The van der Waals surface area contributed by atoms with Gasteiger partial charge in [0.15, 0.2) is 5.78 Å². The van der Waals surface area contributed by atoms with Crippen LogP contribution in [-0.4, -0.2) is 29.4 Å². The second-order valence-electron chi connectivity index (χ2n) is 8.55. The van der Waals surface area contributed by atoms with E-state index in [9.17, 15) is 19.5 Å². The number of carbonyl (C=O) groups is 3. The molecule has 0 saturated heterocycles. The summed E-state index contributed by atoms with van der Waals surface area (Å²) in [5.74, 6) is -0.616. The highest BCUT2D eigenvalue weighted by molar-refractivity contribution is 7.12. The topological polar surface area (TPSA) is 92.7 Å². The van der Waals surface area contributed by atoms with Crippen LogP contribution in [0.5, 0.6) is 5.75 Å². The van der Waals surface area contributed by atoms with E-state index in [1.807, 2.05) is 66.0 Å². The van der Waals surface area contributed by atoms with Gasteiger partial charge in [-0.3, -0.25) is 14.4 Å². The molecule has 0 radical (unpaired) electrons. The average Bonchev–Trinajstić information content (AvgIpc) is 3.39. The van der Waals surface area contributed by atoms with Crippen molar-refractivity contribution < 1.29 is 24.2 Å². The number of rotatable bonds is 9. The number of nitrogens with one attached hydrogen (secondary N) is 1. The summed E-state index contributed by atoms with van der Waals surface area (Å²) in [6.45, 7) is 3.95. The van der Waals surface area contributed by atoms with Crippen LogP contribution in [0.2, 0.25) is 0 Å². The molecule has 37 heavy (non-hydrogen) atoms. The lowest BCUT2D eigenvalue weighted by Gasteiger charge is -2.07. The first-order chi connectivity index (χ1) is 17.8. The van der Waals surface area contributed by atoms with Gasteiger partial charge in [-0.15, -0.1) is 11.3 Å². The van der Waals surface area contributed by atoms with E-state index in [0.29, 0.717) is 23.6 Å². The van der Waals surface area contributed by atoms with Crippen molar-refractivity contribution in [2.75, 3.05) is 6.61 Å². The number of phenolic OH excluding ortho intramolecular Hbond substituents is 1. The first-order valence-electron chi connectivity index (χ1n) is 11.9. The lowest BCUT2D eigenvalue weighted by Crippen LogP contribution is -2.21. The Morgan fingerprint density at radius 1 is 0.838 bits per heavy atom. The van der Waals surface area contributed by atoms with Gasteiger partial charge < -0.3 is 15.2 Å². The molecular weight excluding hydrogens is 486 g/mol. The predicted octanol–water partition coefficient (Wildman–Crippen LogP) is 6.03. The summed E-state index contributed by atoms with van der Waals surface area (Å²) >= 11 is 1.38. The average molecular weight is 514 g/mol. The number of esters is 1. The van der Waals surface area contributed by atoms with Gasteiger partial charge in [0.25, 0.3) is 5.91 Å². The van der Waals surface area contributed by atoms with Crippen molar-refractivity contribution in [3.05, 3.63) is 99.7 Å². The number of hydrogen-bond acceptors (Lipinski definition) is 6. The second-order valence-corrected chi connectivity index (χ2v) is 9.46. The zero-order valence-electron chi connectivity index (χ0n) is 20.6. The molecule has 0 aliphatic rings. The molecule has 0 fully saturated rings. The SMILES string of the molecule is CCOC(=O)Cc1ccc(CNC(=O)c2cc(-c3ccc(-c4ccc(C(C)=O)c(O)c4)cc3)cs2)cc1. The summed E-state index contributed by atoms with van der Waals surface area (Å²) in [6.07, 6.45) is 0.230. The van der Waals surface area contributed by atoms with Gasteiger partial charge in [0.05, 0.1) is 23.5 Å². The Bertz CT molecular complexity index is 1420. The molecule has 1 amide bonds. The Labute approximate surface area is 219 Å². The Kier molecular flexibility index (Phi) is 8.15. The van der Waals surface area contributed by atoms with Gasteiger partial charge in [0.1, 0.15) is 5.75 Å². The molecule has 0 saturated carbocycles. The number of ketones is 1. The number of hydrogen-bond donors (Lipinski definition) is 2. The molecule has 188 valence electrons. The Balaban J connectivity index is 1.36. The van der Waals surface area contributed by atoms with E-state index >= 15 is 0 Å². The van der Waals surface area contributed by atoms with Crippen molar-refractivity contribution in [3.63, 3.8) is 0 Å². The van der Waals surface area contributed by atoms with Crippen LogP contribution in [0.3, 0.4) is 0 Å². The number of ether oxygens (including phenoxy) is 1. The molecule has 1 aromatic heterocycles. The molecule has 0 aliphatic carbocycles. The van der Waals surface area contributed by atoms with Crippen LogP contribution in [-0.2, 0) is 22.5 Å². The largest absolute Gasteiger partial charge is 0.507 e. The van der Waals surface area contributed by atoms with E-state index in [1.165, 1.54) is 18.3 Å². The van der Waals surface area contributed by atoms with Crippen LogP contribution in [0.1, 0.15) is 45.0 Å². The zero-order chi connectivity index (χ0) is 26.4. The lowest BCUT2D eigenvalue weighted by molar-refractivity contribution is -0.142. The number of carbonyl (C=O) groups excluding carboxylic acids is 3. The van der Waals surface area contributed by atoms with Crippen molar-refractivity contribution in [3.8, 4) is 28.0 Å². The smallest absolute Gasteiger partial charge is 0.310 e. The first kappa shape index (κ1) is 25.9. The van der Waals surface area contributed by atoms with Gasteiger partial charge in [-0.25, -0.2) is 0 Å². The zero-order valence-corrected chi connectivity index (χ0v) is 21.4. The standard InChI is InChI=1S/C30H27NO5S/c1-3-36-29(34)14-20-4-6-21(7-5-20)17-31-30(35)28-16-25(18-37-28)23-10-8-22(9-11-23)24-12-13-26(19(2)32)27(33)15-24/h4-13,15-16,18,33H,3,14,17H2,1-2H3,(H,31,35). The van der Waals surface area contributed by atoms with Gasteiger partial charge in [0, 0.05) is 6.54 Å². The highest BCUT2D eigenvalue weighted by Gasteiger charge is 2.12. The fourth-order valence-corrected chi connectivity index (χ4v) is 4.73. The minimum Gasteiger partial charge on any atom is -0.507 e. The van der Waals surface area contributed by atoms with Crippen molar-refractivity contribution in [2.45, 2.75) is 26.8 Å². The van der Waals surface area contributed by atoms with Gasteiger partial charge in [0.2, 0.25) is 0 Å². The fourth-order valence-electron chi connectivity index (χ4n) is 3.89. The van der Waals surface area contributed by atoms with Crippen molar-refractivity contribution >= 4 is 29.0 Å². The minimum atomic E-state index is -0.255. The minimum absolute atomic E-state index is 0.0322. The molecular formula is C30H27NO5S. The van der Waals surface area contributed by atoms with Gasteiger partial charge in [-0.05, 0) is 70.8 Å². The molecule has 0 bridgehead atoms. The molecule has 0 unspecified atom stereocenters. The molecule has 7 heteroatoms. The number of phenols is 1. The van der Waals surface area contributed by atoms with E-state index in [0.717, 1.165) is 33.4 Å². The van der Waals surface area contributed by atoms with Crippen molar-refractivity contribution in [1.82, 2.24) is 5.32 Å². The van der Waals surface area contributed by atoms with Gasteiger partial charge in [-0.2, -0.15) is 0 Å². The Morgan fingerprint density at radius 3 is 2.08 bits per heavy atom. The monoisotopic (exact) mass is 513 g/mol. The summed E-state index contributed by atoms with van der Waals surface area (Å²) in [6, 6.07) is 22.2. The third-order valence-electron chi connectivity index (χ3n) is 5.88. The van der Waals surface area contributed by atoms with Gasteiger partial charge in [-0.1, -0.05) is 54.6 Å². The van der Waals surface area contributed by atoms with Crippen molar-refractivity contribution in [2.24, 2.45) is 0 Å². The maximum atomic E-state index is 12.7. The molecule has 3 aromatic carbocycles. The molecule has 0 aliphatic heterocycles. The molecule has 0 spiro atoms. The van der Waals surface area contributed by atoms with Crippen LogP contribution in [0.15, 0.2) is 78.2 Å². The third-order valence-corrected chi connectivity index (χ3v) is 6.81. The first-order valence-corrected chi connectivity index (χ1v) is 12.8. The summed E-state index contributed by atoms with van der Waals surface area (Å²) in [4.78, 5) is 36.4. The Morgan fingerprint density at radius 2 is 1.46 bits per heavy atom. The van der Waals surface area contributed by atoms with Crippen LogP contribution in [0, 0.1) is 0 Å². The van der Waals surface area contributed by atoms with E-state index in [-0.39, 0.29) is 29.8 Å². The highest BCUT2D eigenvalue weighted by Crippen LogP contribution is 2.30. The van der Waals surface area contributed by atoms with Gasteiger partial charge >= 0.3 is 5.97 Å². The molecule has 4 rings (SSSR count). The summed E-state index contributed by atoms with van der Waals surface area (Å²) in [5, 5.41) is 15.0. The third kappa shape index (κ3) is 6.51. The number of amides is 1. The molecule has 4 aromatic rings. The van der Waals surface area contributed by atoms with E-state index in [4.69, 9.17) is 4.74 Å². The molecule has 2 N–H and O–H groups in total. The predicted molar refractivity (Wildman–Crippen MR) is 145 cm³/mol. The molecule has 0 atom stereocenters. The number of Topliss-reactive ketones (excluding diaryl/α,β-unsaturated/α-hetero) is 1. The second kappa shape index (κ2) is 11.7. The fraction of sp³-hybridized carbons (Fsp3) is 0.167. The van der Waals surface area contributed by atoms with E-state index < -0.39 is 0 Å². The highest BCUT2D eigenvalue weighted by atomic mass is 32.1. The Hall–Kier alpha value is -4.23. The van der Waals surface area contributed by atoms with Crippen molar-refractivity contribution in [1.29, 1.82) is 0 Å². The quantitative estimate of drug-likeness (QED) is 0.211. The maximum absolute atomic E-state index is 12.7.